The zero-order chi connectivity index (χ0) is 17.1. The molecule has 0 radical (unpaired) electrons. The molecule has 0 saturated carbocycles. The van der Waals surface area contributed by atoms with E-state index in [9.17, 15) is 22.8 Å². The highest BCUT2D eigenvalue weighted by atomic mass is 79.9. The fourth-order valence-electron chi connectivity index (χ4n) is 1.63. The first-order chi connectivity index (χ1) is 10.1. The largest absolute Gasteiger partial charge is 0.496 e. The third-order valence-corrected chi connectivity index (χ3v) is 3.36. The van der Waals surface area contributed by atoms with Crippen LogP contribution in [0.2, 0.25) is 0 Å². The maximum absolute atomic E-state index is 12.2. The molecule has 0 aliphatic carbocycles. The van der Waals surface area contributed by atoms with Crippen molar-refractivity contribution in [2.24, 2.45) is 0 Å². The van der Waals surface area contributed by atoms with Gasteiger partial charge < -0.3 is 14.8 Å². The molecule has 1 rings (SSSR count). The maximum Gasteiger partial charge on any atom is 0.471 e. The predicted molar refractivity (Wildman–Crippen MR) is 75.2 cm³/mol. The summed E-state index contributed by atoms with van der Waals surface area (Å²) in [6.07, 6.45) is -5.06. The molecule has 0 aromatic heterocycles. The van der Waals surface area contributed by atoms with Crippen LogP contribution in [0.5, 0.6) is 11.5 Å². The molecule has 1 aromatic carbocycles. The van der Waals surface area contributed by atoms with Gasteiger partial charge in [0.1, 0.15) is 11.5 Å². The molecule has 0 saturated heterocycles. The number of rotatable bonds is 5. The van der Waals surface area contributed by atoms with Crippen molar-refractivity contribution in [2.75, 3.05) is 14.2 Å². The Labute approximate surface area is 132 Å². The summed E-state index contributed by atoms with van der Waals surface area (Å²) in [6.45, 7) is 1.15. The molecule has 0 spiro atoms. The molecule has 0 aliphatic rings. The Balaban J connectivity index is 3.09. The van der Waals surface area contributed by atoms with Crippen molar-refractivity contribution in [3.8, 4) is 11.5 Å². The van der Waals surface area contributed by atoms with Crippen LogP contribution in [-0.2, 0) is 4.79 Å². The average molecular weight is 384 g/mol. The first-order valence-corrected chi connectivity index (χ1v) is 6.74. The molecular formula is C13H13BrF3NO4. The van der Waals surface area contributed by atoms with E-state index in [1.54, 1.807) is 5.32 Å². The van der Waals surface area contributed by atoms with Crippen molar-refractivity contribution in [3.63, 3.8) is 0 Å². The number of methoxy groups -OCH3 is 2. The Bertz CT molecular complexity index is 589. The van der Waals surface area contributed by atoms with Crippen LogP contribution >= 0.6 is 15.9 Å². The fraction of sp³-hybridized carbons (Fsp3) is 0.385. The lowest BCUT2D eigenvalue weighted by Crippen LogP contribution is -2.45. The molecule has 1 amide bonds. The molecular weight excluding hydrogens is 371 g/mol. The second-order valence-electron chi connectivity index (χ2n) is 4.24. The van der Waals surface area contributed by atoms with E-state index in [1.165, 1.54) is 26.4 Å². The van der Waals surface area contributed by atoms with Gasteiger partial charge in [0, 0.05) is 0 Å². The fourth-order valence-corrected chi connectivity index (χ4v) is 2.11. The predicted octanol–water partition coefficient (Wildman–Crippen LogP) is 2.72. The first-order valence-electron chi connectivity index (χ1n) is 5.95. The van der Waals surface area contributed by atoms with Crippen molar-refractivity contribution in [1.82, 2.24) is 5.32 Å². The number of alkyl halides is 3. The van der Waals surface area contributed by atoms with Gasteiger partial charge in [0.05, 0.1) is 30.3 Å². The summed E-state index contributed by atoms with van der Waals surface area (Å²) in [5.74, 6) is -2.47. The Morgan fingerprint density at radius 2 is 1.73 bits per heavy atom. The lowest BCUT2D eigenvalue weighted by atomic mass is 10.0. The van der Waals surface area contributed by atoms with Crippen LogP contribution in [0.15, 0.2) is 16.6 Å². The molecule has 1 aromatic rings. The van der Waals surface area contributed by atoms with Gasteiger partial charge in [-0.15, -0.1) is 0 Å². The number of carbonyl (C=O) groups is 2. The standard InChI is InChI=1S/C13H13BrF3NO4/c1-6(18-12(20)13(15,16)17)11(19)7-4-10(22-3)8(14)5-9(7)21-2/h4-6H,1-3H3,(H,18,20)/t6-/m0/s1. The highest BCUT2D eigenvalue weighted by Gasteiger charge is 2.40. The van der Waals surface area contributed by atoms with Gasteiger partial charge in [-0.05, 0) is 35.0 Å². The van der Waals surface area contributed by atoms with E-state index in [0.717, 1.165) is 6.92 Å². The van der Waals surface area contributed by atoms with Crippen LogP contribution in [0.3, 0.4) is 0 Å². The Morgan fingerprint density at radius 3 is 2.18 bits per heavy atom. The van der Waals surface area contributed by atoms with E-state index in [-0.39, 0.29) is 11.3 Å². The second kappa shape index (κ2) is 6.99. The number of benzene rings is 1. The molecule has 9 heteroatoms. The molecule has 1 atom stereocenters. The zero-order valence-corrected chi connectivity index (χ0v) is 13.5. The van der Waals surface area contributed by atoms with E-state index < -0.39 is 23.9 Å². The first kappa shape index (κ1) is 18.3. The third kappa shape index (κ3) is 4.12. The van der Waals surface area contributed by atoms with Crippen LogP contribution in [0.25, 0.3) is 0 Å². The van der Waals surface area contributed by atoms with Crippen LogP contribution in [-0.4, -0.2) is 38.1 Å². The Kier molecular flexibility index (Phi) is 5.81. The maximum atomic E-state index is 12.2. The zero-order valence-electron chi connectivity index (χ0n) is 11.9. The normalized spacial score (nSPS) is 12.5. The number of nitrogens with one attached hydrogen (secondary N) is 1. The molecule has 0 aliphatic heterocycles. The number of hydrogen-bond acceptors (Lipinski definition) is 4. The summed E-state index contributed by atoms with van der Waals surface area (Å²) in [4.78, 5) is 23.1. The highest BCUT2D eigenvalue weighted by Crippen LogP contribution is 2.33. The van der Waals surface area contributed by atoms with E-state index in [4.69, 9.17) is 9.47 Å². The SMILES string of the molecule is COc1cc(C(=O)[C@H](C)NC(=O)C(F)(F)F)c(OC)cc1Br. The van der Waals surface area contributed by atoms with Crippen LogP contribution < -0.4 is 14.8 Å². The summed E-state index contributed by atoms with van der Waals surface area (Å²) >= 11 is 3.20. The van der Waals surface area contributed by atoms with Gasteiger partial charge in [-0.1, -0.05) is 0 Å². The van der Waals surface area contributed by atoms with Crippen molar-refractivity contribution >= 4 is 27.6 Å². The number of carbonyl (C=O) groups excluding carboxylic acids is 2. The number of halogens is 4. The van der Waals surface area contributed by atoms with Gasteiger partial charge in [0.25, 0.3) is 0 Å². The molecule has 122 valence electrons. The van der Waals surface area contributed by atoms with Gasteiger partial charge in [-0.2, -0.15) is 13.2 Å². The van der Waals surface area contributed by atoms with Crippen molar-refractivity contribution < 1.29 is 32.2 Å². The summed E-state index contributed by atoms with van der Waals surface area (Å²) < 4.78 is 47.2. The summed E-state index contributed by atoms with van der Waals surface area (Å²) in [7, 11) is 2.68. The summed E-state index contributed by atoms with van der Waals surface area (Å²) in [5.41, 5.74) is -0.00229. The van der Waals surface area contributed by atoms with Gasteiger partial charge >= 0.3 is 12.1 Å². The quantitative estimate of drug-likeness (QED) is 0.794. The van der Waals surface area contributed by atoms with Gasteiger partial charge in [0.2, 0.25) is 0 Å². The minimum Gasteiger partial charge on any atom is -0.496 e. The van der Waals surface area contributed by atoms with Crippen LogP contribution in [0.4, 0.5) is 13.2 Å². The van der Waals surface area contributed by atoms with Crippen LogP contribution in [0.1, 0.15) is 17.3 Å². The lowest BCUT2D eigenvalue weighted by Gasteiger charge is -2.17. The van der Waals surface area contributed by atoms with E-state index in [1.807, 2.05) is 0 Å². The minimum absolute atomic E-state index is 0.00229. The number of ether oxygens (including phenoxy) is 2. The van der Waals surface area contributed by atoms with Gasteiger partial charge in [0.15, 0.2) is 5.78 Å². The van der Waals surface area contributed by atoms with Crippen molar-refractivity contribution in [2.45, 2.75) is 19.1 Å². The molecule has 22 heavy (non-hydrogen) atoms. The molecule has 0 fully saturated rings. The molecule has 0 unspecified atom stereocenters. The van der Waals surface area contributed by atoms with Gasteiger partial charge in [-0.3, -0.25) is 9.59 Å². The lowest BCUT2D eigenvalue weighted by molar-refractivity contribution is -0.173. The van der Waals surface area contributed by atoms with E-state index >= 15 is 0 Å². The smallest absolute Gasteiger partial charge is 0.471 e. The number of Topliss-reactive ketones (excluding diaryl/α,β-unsaturated/α-hetero) is 1. The van der Waals surface area contributed by atoms with Gasteiger partial charge in [-0.25, -0.2) is 0 Å². The molecule has 0 heterocycles. The topological polar surface area (TPSA) is 64.6 Å². The second-order valence-corrected chi connectivity index (χ2v) is 5.10. The van der Waals surface area contributed by atoms with Crippen molar-refractivity contribution in [1.29, 1.82) is 0 Å². The number of ketones is 1. The number of amides is 1. The van der Waals surface area contributed by atoms with Crippen molar-refractivity contribution in [3.05, 3.63) is 22.2 Å². The average Bonchev–Trinajstić information content (AvgIpc) is 2.44. The number of hydrogen-bond donors (Lipinski definition) is 1. The molecule has 1 N–H and O–H groups in total. The summed E-state index contributed by atoms with van der Waals surface area (Å²) in [5, 5.41) is 1.60. The van der Waals surface area contributed by atoms with E-state index in [2.05, 4.69) is 15.9 Å². The van der Waals surface area contributed by atoms with Crippen LogP contribution in [0, 0.1) is 0 Å². The monoisotopic (exact) mass is 383 g/mol. The van der Waals surface area contributed by atoms with E-state index in [0.29, 0.717) is 10.2 Å². The highest BCUT2D eigenvalue weighted by molar-refractivity contribution is 9.10. The Morgan fingerprint density at radius 1 is 1.18 bits per heavy atom. The summed E-state index contributed by atoms with van der Waals surface area (Å²) in [6, 6.07) is 1.39. The molecule has 0 bridgehead atoms. The Hall–Kier alpha value is -1.77. The minimum atomic E-state index is -5.06. The third-order valence-electron chi connectivity index (χ3n) is 2.74. The molecule has 5 nitrogen and oxygen atoms in total.